The van der Waals surface area contributed by atoms with E-state index in [1.807, 2.05) is 18.2 Å². The number of fused-ring (bicyclic) bond motifs is 1. The number of hydrogen-bond donors (Lipinski definition) is 1. The highest BCUT2D eigenvalue weighted by molar-refractivity contribution is 5.76. The van der Waals surface area contributed by atoms with Gasteiger partial charge in [0.05, 0.1) is 12.7 Å². The number of rotatable bonds is 4. The van der Waals surface area contributed by atoms with Crippen LogP contribution in [0.3, 0.4) is 0 Å². The first-order chi connectivity index (χ1) is 8.29. The first-order valence-corrected chi connectivity index (χ1v) is 5.68. The van der Waals surface area contributed by atoms with Crippen molar-refractivity contribution in [1.29, 1.82) is 5.26 Å². The summed E-state index contributed by atoms with van der Waals surface area (Å²) >= 11 is 0. The normalized spacial score (nSPS) is 12.4. The van der Waals surface area contributed by atoms with Gasteiger partial charge in [-0.3, -0.25) is 4.79 Å². The fourth-order valence-electron chi connectivity index (χ4n) is 1.81. The summed E-state index contributed by atoms with van der Waals surface area (Å²) in [5.74, 6) is 0.868. The Balaban J connectivity index is 1.87. The monoisotopic (exact) mass is 230 g/mol. The minimum atomic E-state index is -0.0803. The molecular formula is C13H14N2O2. The molecule has 0 atom stereocenters. The summed E-state index contributed by atoms with van der Waals surface area (Å²) in [6, 6.07) is 7.91. The lowest BCUT2D eigenvalue weighted by Gasteiger charge is -2.05. The van der Waals surface area contributed by atoms with Gasteiger partial charge in [0.1, 0.15) is 5.75 Å². The largest absolute Gasteiger partial charge is 0.493 e. The summed E-state index contributed by atoms with van der Waals surface area (Å²) in [5, 5.41) is 11.2. The lowest BCUT2D eigenvalue weighted by atomic mass is 10.1. The molecule has 0 aliphatic carbocycles. The standard InChI is InChI=1S/C13H14N2O2/c14-6-1-2-13(16)15-9-10-3-4-12-11(8-10)5-7-17-12/h3-4,8H,1-2,5,7,9H2,(H,15,16). The topological polar surface area (TPSA) is 62.1 Å². The van der Waals surface area contributed by atoms with Crippen molar-refractivity contribution in [3.8, 4) is 11.8 Å². The smallest absolute Gasteiger partial charge is 0.221 e. The maximum Gasteiger partial charge on any atom is 0.221 e. The number of ether oxygens (including phenoxy) is 1. The maximum absolute atomic E-state index is 11.3. The third kappa shape index (κ3) is 2.97. The average Bonchev–Trinajstić information content (AvgIpc) is 2.81. The molecule has 1 amide bonds. The van der Waals surface area contributed by atoms with Gasteiger partial charge in [-0.2, -0.15) is 5.26 Å². The van der Waals surface area contributed by atoms with Gasteiger partial charge in [-0.05, 0) is 17.2 Å². The van der Waals surface area contributed by atoms with Crippen molar-refractivity contribution in [2.75, 3.05) is 6.61 Å². The molecule has 0 saturated carbocycles. The molecule has 0 bridgehead atoms. The summed E-state index contributed by atoms with van der Waals surface area (Å²) in [5.41, 5.74) is 2.27. The summed E-state index contributed by atoms with van der Waals surface area (Å²) in [6.45, 7) is 1.25. The van der Waals surface area contributed by atoms with Gasteiger partial charge in [0.2, 0.25) is 5.91 Å². The van der Waals surface area contributed by atoms with E-state index >= 15 is 0 Å². The minimum Gasteiger partial charge on any atom is -0.493 e. The molecule has 2 rings (SSSR count). The van der Waals surface area contributed by atoms with Crippen molar-refractivity contribution in [2.24, 2.45) is 0 Å². The highest BCUT2D eigenvalue weighted by atomic mass is 16.5. The van der Waals surface area contributed by atoms with Gasteiger partial charge >= 0.3 is 0 Å². The van der Waals surface area contributed by atoms with E-state index in [0.717, 1.165) is 24.3 Å². The van der Waals surface area contributed by atoms with Gasteiger partial charge in [0.15, 0.2) is 0 Å². The molecule has 88 valence electrons. The Labute approximate surface area is 100 Å². The molecule has 1 aliphatic heterocycles. The second-order valence-corrected chi connectivity index (χ2v) is 3.98. The molecule has 0 radical (unpaired) electrons. The molecule has 1 N–H and O–H groups in total. The maximum atomic E-state index is 11.3. The van der Waals surface area contributed by atoms with E-state index in [2.05, 4.69) is 11.4 Å². The van der Waals surface area contributed by atoms with Crippen molar-refractivity contribution in [3.05, 3.63) is 29.3 Å². The zero-order valence-corrected chi connectivity index (χ0v) is 9.53. The zero-order valence-electron chi connectivity index (χ0n) is 9.53. The van der Waals surface area contributed by atoms with Crippen molar-refractivity contribution >= 4 is 5.91 Å². The number of carbonyl (C=O) groups excluding carboxylic acids is 1. The van der Waals surface area contributed by atoms with Crippen molar-refractivity contribution < 1.29 is 9.53 Å². The van der Waals surface area contributed by atoms with Crippen LogP contribution in [0.25, 0.3) is 0 Å². The number of nitrogens with zero attached hydrogens (tertiary/aromatic N) is 1. The fourth-order valence-corrected chi connectivity index (χ4v) is 1.81. The van der Waals surface area contributed by atoms with Gasteiger partial charge in [-0.1, -0.05) is 12.1 Å². The highest BCUT2D eigenvalue weighted by Gasteiger charge is 2.12. The van der Waals surface area contributed by atoms with E-state index in [-0.39, 0.29) is 18.7 Å². The molecule has 0 fully saturated rings. The summed E-state index contributed by atoms with van der Waals surface area (Å²) < 4.78 is 5.41. The molecule has 17 heavy (non-hydrogen) atoms. The quantitative estimate of drug-likeness (QED) is 0.853. The first-order valence-electron chi connectivity index (χ1n) is 5.68. The van der Waals surface area contributed by atoms with Crippen LogP contribution in [0.1, 0.15) is 24.0 Å². The third-order valence-corrected chi connectivity index (χ3v) is 2.71. The second kappa shape index (κ2) is 5.35. The summed E-state index contributed by atoms with van der Waals surface area (Å²) in [6.07, 6.45) is 1.47. The SMILES string of the molecule is N#CCCC(=O)NCc1ccc2c(c1)CCO2. The van der Waals surface area contributed by atoms with Crippen LogP contribution >= 0.6 is 0 Å². The first kappa shape index (κ1) is 11.5. The van der Waals surface area contributed by atoms with Crippen LogP contribution in [0, 0.1) is 11.3 Å². The molecule has 4 nitrogen and oxygen atoms in total. The molecule has 1 aliphatic rings. The number of carbonyl (C=O) groups is 1. The molecular weight excluding hydrogens is 216 g/mol. The van der Waals surface area contributed by atoms with E-state index in [1.165, 1.54) is 5.56 Å². The fraction of sp³-hybridized carbons (Fsp3) is 0.385. The number of hydrogen-bond acceptors (Lipinski definition) is 3. The molecule has 0 unspecified atom stereocenters. The summed E-state index contributed by atoms with van der Waals surface area (Å²) in [4.78, 5) is 11.3. The number of nitriles is 1. The van der Waals surface area contributed by atoms with E-state index in [0.29, 0.717) is 6.54 Å². The van der Waals surface area contributed by atoms with Crippen molar-refractivity contribution in [1.82, 2.24) is 5.32 Å². The number of amides is 1. The van der Waals surface area contributed by atoms with Gasteiger partial charge in [0.25, 0.3) is 0 Å². The Morgan fingerprint density at radius 3 is 3.24 bits per heavy atom. The van der Waals surface area contributed by atoms with Crippen LogP contribution in [-0.4, -0.2) is 12.5 Å². The van der Waals surface area contributed by atoms with E-state index in [4.69, 9.17) is 10.00 Å². The minimum absolute atomic E-state index is 0.0803. The van der Waals surface area contributed by atoms with E-state index in [1.54, 1.807) is 0 Å². The van der Waals surface area contributed by atoms with Crippen LogP contribution in [0.15, 0.2) is 18.2 Å². The Hall–Kier alpha value is -2.02. The predicted molar refractivity (Wildman–Crippen MR) is 62.3 cm³/mol. The van der Waals surface area contributed by atoms with Crippen molar-refractivity contribution in [3.63, 3.8) is 0 Å². The van der Waals surface area contributed by atoms with Crippen LogP contribution in [0.4, 0.5) is 0 Å². The van der Waals surface area contributed by atoms with Crippen LogP contribution in [-0.2, 0) is 17.8 Å². The Bertz CT molecular complexity index is 463. The lowest BCUT2D eigenvalue weighted by Crippen LogP contribution is -2.22. The molecule has 0 aromatic heterocycles. The molecule has 1 aromatic rings. The predicted octanol–water partition coefficient (Wildman–Crippen LogP) is 1.54. The van der Waals surface area contributed by atoms with Gasteiger partial charge in [-0.15, -0.1) is 0 Å². The van der Waals surface area contributed by atoms with Crippen LogP contribution < -0.4 is 10.1 Å². The Morgan fingerprint density at radius 1 is 1.53 bits per heavy atom. The molecule has 0 saturated heterocycles. The lowest BCUT2D eigenvalue weighted by molar-refractivity contribution is -0.121. The van der Waals surface area contributed by atoms with E-state index < -0.39 is 0 Å². The number of nitrogens with one attached hydrogen (secondary N) is 1. The number of benzene rings is 1. The van der Waals surface area contributed by atoms with Crippen LogP contribution in [0.2, 0.25) is 0 Å². The highest BCUT2D eigenvalue weighted by Crippen LogP contribution is 2.25. The third-order valence-electron chi connectivity index (χ3n) is 2.71. The Kier molecular flexibility index (Phi) is 3.61. The molecule has 1 heterocycles. The van der Waals surface area contributed by atoms with Crippen LogP contribution in [0.5, 0.6) is 5.75 Å². The average molecular weight is 230 g/mol. The van der Waals surface area contributed by atoms with Crippen molar-refractivity contribution in [2.45, 2.75) is 25.8 Å². The summed E-state index contributed by atoms with van der Waals surface area (Å²) in [7, 11) is 0. The Morgan fingerprint density at radius 2 is 2.41 bits per heavy atom. The zero-order chi connectivity index (χ0) is 12.1. The van der Waals surface area contributed by atoms with Gasteiger partial charge < -0.3 is 10.1 Å². The second-order valence-electron chi connectivity index (χ2n) is 3.98. The molecule has 4 heteroatoms. The molecule has 1 aromatic carbocycles. The van der Waals surface area contributed by atoms with E-state index in [9.17, 15) is 4.79 Å². The molecule has 0 spiro atoms. The van der Waals surface area contributed by atoms with Gasteiger partial charge in [0, 0.05) is 25.8 Å². The van der Waals surface area contributed by atoms with Gasteiger partial charge in [-0.25, -0.2) is 0 Å².